The molecule has 0 fully saturated rings. The van der Waals surface area contributed by atoms with Crippen LogP contribution in [-0.2, 0) is 6.54 Å². The highest BCUT2D eigenvalue weighted by atomic mass is 19.1. The maximum atomic E-state index is 13.7. The monoisotopic (exact) mass is 327 g/mol. The molecule has 3 aromatic rings. The fraction of sp³-hybridized carbons (Fsp3) is 0.111. The van der Waals surface area contributed by atoms with E-state index in [0.717, 1.165) is 23.4 Å². The highest BCUT2D eigenvalue weighted by Gasteiger charge is 2.17. The number of nitrogens with zero attached hydrogens (tertiary/aromatic N) is 3. The van der Waals surface area contributed by atoms with Gasteiger partial charge in [0.05, 0.1) is 17.4 Å². The Balaban J connectivity index is 1.74. The van der Waals surface area contributed by atoms with Crippen LogP contribution in [0.25, 0.3) is 5.69 Å². The van der Waals surface area contributed by atoms with E-state index >= 15 is 0 Å². The summed E-state index contributed by atoms with van der Waals surface area (Å²) in [5.41, 5.74) is 1.55. The first kappa shape index (κ1) is 15.9. The smallest absolute Gasteiger partial charge is 0.256 e. The van der Waals surface area contributed by atoms with Crippen molar-refractivity contribution in [3.63, 3.8) is 0 Å². The molecule has 2 aromatic carbocycles. The van der Waals surface area contributed by atoms with E-state index in [4.69, 9.17) is 0 Å². The van der Waals surface area contributed by atoms with Crippen LogP contribution in [0.2, 0.25) is 0 Å². The molecule has 0 aliphatic heterocycles. The minimum Gasteiger partial charge on any atom is -0.337 e. The Labute approximate surface area is 138 Å². The Bertz CT molecular complexity index is 862. The van der Waals surface area contributed by atoms with Crippen molar-refractivity contribution in [2.24, 2.45) is 0 Å². The van der Waals surface area contributed by atoms with Crippen molar-refractivity contribution in [2.45, 2.75) is 6.54 Å². The number of halogens is 2. The number of benzene rings is 2. The van der Waals surface area contributed by atoms with Crippen LogP contribution in [0.5, 0.6) is 0 Å². The van der Waals surface area contributed by atoms with Crippen LogP contribution in [0.1, 0.15) is 15.9 Å². The lowest BCUT2D eigenvalue weighted by Gasteiger charge is -2.16. The summed E-state index contributed by atoms with van der Waals surface area (Å²) in [6.45, 7) is 0.266. The molecule has 3 rings (SSSR count). The van der Waals surface area contributed by atoms with Gasteiger partial charge in [0.15, 0.2) is 0 Å². The molecule has 0 bridgehead atoms. The van der Waals surface area contributed by atoms with Crippen LogP contribution < -0.4 is 0 Å². The van der Waals surface area contributed by atoms with Gasteiger partial charge >= 0.3 is 0 Å². The predicted octanol–water partition coefficient (Wildman–Crippen LogP) is 3.42. The topological polar surface area (TPSA) is 38.1 Å². The second-order valence-electron chi connectivity index (χ2n) is 5.41. The van der Waals surface area contributed by atoms with Crippen LogP contribution in [-0.4, -0.2) is 27.6 Å². The van der Waals surface area contributed by atoms with Crippen molar-refractivity contribution in [3.8, 4) is 5.69 Å². The van der Waals surface area contributed by atoms with Crippen molar-refractivity contribution in [3.05, 3.63) is 83.7 Å². The lowest BCUT2D eigenvalue weighted by Crippen LogP contribution is -2.27. The van der Waals surface area contributed by atoms with Gasteiger partial charge in [-0.15, -0.1) is 0 Å². The normalized spacial score (nSPS) is 10.6. The number of carbonyl (C=O) groups is 1. The highest BCUT2D eigenvalue weighted by Crippen LogP contribution is 2.14. The highest BCUT2D eigenvalue weighted by molar-refractivity contribution is 5.94. The largest absolute Gasteiger partial charge is 0.337 e. The number of rotatable bonds is 4. The molecule has 4 nitrogen and oxygen atoms in total. The second kappa shape index (κ2) is 6.62. The van der Waals surface area contributed by atoms with Gasteiger partial charge in [-0.2, -0.15) is 5.10 Å². The Kier molecular flexibility index (Phi) is 4.37. The van der Waals surface area contributed by atoms with Gasteiger partial charge in [0.2, 0.25) is 0 Å². The number of hydrogen-bond donors (Lipinski definition) is 0. The average molecular weight is 327 g/mol. The quantitative estimate of drug-likeness (QED) is 0.736. The van der Waals surface area contributed by atoms with E-state index in [0.29, 0.717) is 6.07 Å². The summed E-state index contributed by atoms with van der Waals surface area (Å²) in [7, 11) is 1.56. The summed E-state index contributed by atoms with van der Waals surface area (Å²) < 4.78 is 28.4. The first-order valence-corrected chi connectivity index (χ1v) is 7.34. The van der Waals surface area contributed by atoms with Gasteiger partial charge < -0.3 is 4.90 Å². The van der Waals surface area contributed by atoms with Crippen molar-refractivity contribution >= 4 is 5.91 Å². The van der Waals surface area contributed by atoms with E-state index in [1.165, 1.54) is 4.90 Å². The molecule has 0 saturated carbocycles. The SMILES string of the molecule is CN(Cc1cnn(-c2ccccc2)c1)C(=O)c1ccc(F)cc1F. The molecular weight excluding hydrogens is 312 g/mol. The molecule has 1 heterocycles. The molecule has 0 aliphatic carbocycles. The fourth-order valence-electron chi connectivity index (χ4n) is 2.38. The number of hydrogen-bond acceptors (Lipinski definition) is 2. The minimum absolute atomic E-state index is 0.158. The average Bonchev–Trinajstić information content (AvgIpc) is 3.03. The Morgan fingerprint density at radius 1 is 1.17 bits per heavy atom. The van der Waals surface area contributed by atoms with E-state index < -0.39 is 17.5 Å². The second-order valence-corrected chi connectivity index (χ2v) is 5.41. The third-order valence-electron chi connectivity index (χ3n) is 3.58. The van der Waals surface area contributed by atoms with Gasteiger partial charge in [0, 0.05) is 31.4 Å². The van der Waals surface area contributed by atoms with Gasteiger partial charge in [-0.25, -0.2) is 13.5 Å². The standard InChI is InChI=1S/C18H15F2N3O/c1-22(18(24)16-8-7-14(19)9-17(16)20)11-13-10-21-23(12-13)15-5-3-2-4-6-15/h2-10,12H,11H2,1H3. The first-order chi connectivity index (χ1) is 11.5. The van der Waals surface area contributed by atoms with Gasteiger partial charge in [-0.1, -0.05) is 18.2 Å². The molecule has 0 aliphatic rings. The lowest BCUT2D eigenvalue weighted by atomic mass is 10.1. The summed E-state index contributed by atoms with van der Waals surface area (Å²) in [6, 6.07) is 12.5. The lowest BCUT2D eigenvalue weighted by molar-refractivity contribution is 0.0780. The molecule has 0 saturated heterocycles. The van der Waals surface area contributed by atoms with Crippen LogP contribution in [0.15, 0.2) is 60.9 Å². The molecule has 1 amide bonds. The van der Waals surface area contributed by atoms with E-state index in [-0.39, 0.29) is 12.1 Å². The van der Waals surface area contributed by atoms with Crippen molar-refractivity contribution < 1.29 is 13.6 Å². The maximum Gasteiger partial charge on any atom is 0.256 e. The molecule has 0 N–H and O–H groups in total. The van der Waals surface area contributed by atoms with E-state index in [9.17, 15) is 13.6 Å². The zero-order valence-electron chi connectivity index (χ0n) is 13.0. The summed E-state index contributed by atoms with van der Waals surface area (Å²) in [6.07, 6.45) is 3.46. The Morgan fingerprint density at radius 2 is 1.92 bits per heavy atom. The number of carbonyl (C=O) groups excluding carboxylic acids is 1. The van der Waals surface area contributed by atoms with Gasteiger partial charge in [-0.3, -0.25) is 4.79 Å². The molecule has 0 spiro atoms. The Morgan fingerprint density at radius 3 is 2.62 bits per heavy atom. The van der Waals surface area contributed by atoms with Crippen molar-refractivity contribution in [1.82, 2.24) is 14.7 Å². The Hall–Kier alpha value is -3.02. The molecule has 0 unspecified atom stereocenters. The zero-order chi connectivity index (χ0) is 17.1. The molecule has 6 heteroatoms. The zero-order valence-corrected chi connectivity index (χ0v) is 13.0. The predicted molar refractivity (Wildman–Crippen MR) is 85.7 cm³/mol. The molecular formula is C18H15F2N3O. The number of aromatic nitrogens is 2. The van der Waals surface area contributed by atoms with E-state index in [2.05, 4.69) is 5.10 Å². The van der Waals surface area contributed by atoms with Gasteiger partial charge in [0.1, 0.15) is 11.6 Å². The van der Waals surface area contributed by atoms with Gasteiger partial charge in [0.25, 0.3) is 5.91 Å². The molecule has 0 radical (unpaired) electrons. The van der Waals surface area contributed by atoms with Gasteiger partial charge in [-0.05, 0) is 24.3 Å². The fourth-order valence-corrected chi connectivity index (χ4v) is 2.38. The molecule has 24 heavy (non-hydrogen) atoms. The van der Waals surface area contributed by atoms with Crippen LogP contribution in [0.3, 0.4) is 0 Å². The molecule has 1 aromatic heterocycles. The van der Waals surface area contributed by atoms with Crippen LogP contribution in [0, 0.1) is 11.6 Å². The minimum atomic E-state index is -0.869. The summed E-state index contributed by atoms with van der Waals surface area (Å²) in [5, 5.41) is 4.26. The summed E-state index contributed by atoms with van der Waals surface area (Å²) >= 11 is 0. The van der Waals surface area contributed by atoms with E-state index in [1.54, 1.807) is 24.1 Å². The van der Waals surface area contributed by atoms with Crippen molar-refractivity contribution in [2.75, 3.05) is 7.05 Å². The van der Waals surface area contributed by atoms with Crippen LogP contribution in [0.4, 0.5) is 8.78 Å². The summed E-state index contributed by atoms with van der Waals surface area (Å²) in [4.78, 5) is 13.7. The first-order valence-electron chi connectivity index (χ1n) is 7.34. The molecule has 0 atom stereocenters. The third kappa shape index (κ3) is 3.32. The van der Waals surface area contributed by atoms with E-state index in [1.807, 2.05) is 30.3 Å². The summed E-state index contributed by atoms with van der Waals surface area (Å²) in [5.74, 6) is -2.09. The number of para-hydroxylation sites is 1. The molecule has 122 valence electrons. The van der Waals surface area contributed by atoms with Crippen molar-refractivity contribution in [1.29, 1.82) is 0 Å². The third-order valence-corrected chi connectivity index (χ3v) is 3.58. The van der Waals surface area contributed by atoms with Crippen LogP contribution >= 0.6 is 0 Å². The number of amides is 1. The maximum absolute atomic E-state index is 13.7.